The van der Waals surface area contributed by atoms with Gasteiger partial charge in [-0.05, 0) is 35.6 Å². The van der Waals surface area contributed by atoms with E-state index in [-0.39, 0.29) is 12.1 Å². The Morgan fingerprint density at radius 3 is 2.88 bits per heavy atom. The third kappa shape index (κ3) is 1.85. The van der Waals surface area contributed by atoms with Crippen LogP contribution in [0.4, 0.5) is 0 Å². The van der Waals surface area contributed by atoms with E-state index in [0.717, 1.165) is 12.2 Å². The van der Waals surface area contributed by atoms with Crippen molar-refractivity contribution in [3.63, 3.8) is 0 Å². The van der Waals surface area contributed by atoms with Gasteiger partial charge in [-0.25, -0.2) is 0 Å². The molecule has 0 amide bonds. The minimum atomic E-state index is -0.0256. The third-order valence-corrected chi connectivity index (χ3v) is 4.40. The van der Waals surface area contributed by atoms with Crippen molar-refractivity contribution in [1.29, 1.82) is 0 Å². The molecule has 1 aliphatic rings. The Labute approximate surface area is 105 Å². The molecule has 2 aromatic rings. The minimum absolute atomic E-state index is 0.0256. The summed E-state index contributed by atoms with van der Waals surface area (Å²) in [4.78, 5) is 1.24. The molecule has 0 spiro atoms. The van der Waals surface area contributed by atoms with Crippen LogP contribution in [0.3, 0.4) is 0 Å². The van der Waals surface area contributed by atoms with Crippen molar-refractivity contribution in [1.82, 2.24) is 0 Å². The molecule has 0 fully saturated rings. The molecular weight excluding hydrogens is 230 g/mol. The van der Waals surface area contributed by atoms with Gasteiger partial charge in [0.1, 0.15) is 11.9 Å². The van der Waals surface area contributed by atoms with E-state index in [1.165, 1.54) is 16.0 Å². The maximum absolute atomic E-state index is 6.31. The number of hydrogen-bond acceptors (Lipinski definition) is 3. The number of nitrogens with two attached hydrogens (primary N) is 1. The normalized spacial score (nSPS) is 19.8. The highest BCUT2D eigenvalue weighted by Crippen LogP contribution is 2.35. The van der Waals surface area contributed by atoms with E-state index in [1.54, 1.807) is 11.3 Å². The van der Waals surface area contributed by atoms with Gasteiger partial charge in [-0.15, -0.1) is 11.3 Å². The van der Waals surface area contributed by atoms with Gasteiger partial charge in [0.2, 0.25) is 0 Å². The van der Waals surface area contributed by atoms with Crippen LogP contribution in [0.5, 0.6) is 5.75 Å². The van der Waals surface area contributed by atoms with E-state index in [9.17, 15) is 0 Å². The fourth-order valence-corrected chi connectivity index (χ4v) is 3.29. The highest BCUT2D eigenvalue weighted by Gasteiger charge is 2.30. The number of thiophene rings is 1. The molecule has 1 aromatic heterocycles. The Morgan fingerprint density at radius 2 is 2.18 bits per heavy atom. The van der Waals surface area contributed by atoms with Crippen LogP contribution in [0, 0.1) is 6.92 Å². The Balaban J connectivity index is 1.83. The van der Waals surface area contributed by atoms with Gasteiger partial charge in [0.15, 0.2) is 0 Å². The predicted molar refractivity (Wildman–Crippen MR) is 70.5 cm³/mol. The zero-order valence-corrected chi connectivity index (χ0v) is 10.5. The summed E-state index contributed by atoms with van der Waals surface area (Å²) in [7, 11) is 0. The molecule has 0 saturated carbocycles. The van der Waals surface area contributed by atoms with Gasteiger partial charge < -0.3 is 10.5 Å². The Kier molecular flexibility index (Phi) is 2.65. The van der Waals surface area contributed by atoms with Crippen molar-refractivity contribution in [2.45, 2.75) is 25.5 Å². The van der Waals surface area contributed by atoms with E-state index in [4.69, 9.17) is 10.5 Å². The molecule has 17 heavy (non-hydrogen) atoms. The van der Waals surface area contributed by atoms with Gasteiger partial charge in [-0.3, -0.25) is 0 Å². The summed E-state index contributed by atoms with van der Waals surface area (Å²) < 4.78 is 5.93. The largest absolute Gasteiger partial charge is 0.488 e. The number of rotatable bonds is 2. The van der Waals surface area contributed by atoms with Gasteiger partial charge >= 0.3 is 0 Å². The van der Waals surface area contributed by atoms with Crippen molar-refractivity contribution in [2.75, 3.05) is 0 Å². The first-order chi connectivity index (χ1) is 8.25. The first-order valence-electron chi connectivity index (χ1n) is 5.80. The maximum atomic E-state index is 6.31. The highest BCUT2D eigenvalue weighted by atomic mass is 32.1. The average molecular weight is 245 g/mol. The van der Waals surface area contributed by atoms with Crippen LogP contribution in [0.1, 0.15) is 22.0 Å². The van der Waals surface area contributed by atoms with Crippen molar-refractivity contribution < 1.29 is 4.74 Å². The first-order valence-corrected chi connectivity index (χ1v) is 6.68. The van der Waals surface area contributed by atoms with Gasteiger partial charge in [0.05, 0.1) is 6.04 Å². The quantitative estimate of drug-likeness (QED) is 0.882. The van der Waals surface area contributed by atoms with Gasteiger partial charge in [-0.2, -0.15) is 0 Å². The molecule has 2 unspecified atom stereocenters. The van der Waals surface area contributed by atoms with Crippen LogP contribution in [0.25, 0.3) is 0 Å². The molecule has 2 heterocycles. The lowest BCUT2D eigenvalue weighted by Gasteiger charge is -2.18. The molecular formula is C14H15NOS. The predicted octanol–water partition coefficient (Wildman–Crippen LogP) is 3.06. The number of benzene rings is 1. The Hall–Kier alpha value is -1.32. The zero-order chi connectivity index (χ0) is 11.8. The lowest BCUT2D eigenvalue weighted by molar-refractivity contribution is 0.201. The smallest absolute Gasteiger partial charge is 0.123 e. The number of para-hydroxylation sites is 1. The molecule has 1 aliphatic heterocycles. The first kappa shape index (κ1) is 10.8. The summed E-state index contributed by atoms with van der Waals surface area (Å²) in [6, 6.07) is 10.3. The van der Waals surface area contributed by atoms with Crippen LogP contribution in [0.2, 0.25) is 0 Å². The minimum Gasteiger partial charge on any atom is -0.488 e. The lowest BCUT2D eigenvalue weighted by atomic mass is 10.0. The Bertz CT molecular complexity index is 510. The van der Waals surface area contributed by atoms with Crippen LogP contribution in [0.15, 0.2) is 35.7 Å². The number of fused-ring (bicyclic) bond motifs is 1. The summed E-state index contributed by atoms with van der Waals surface area (Å²) in [5.41, 5.74) is 8.84. The van der Waals surface area contributed by atoms with Gasteiger partial charge in [-0.1, -0.05) is 18.2 Å². The molecule has 0 bridgehead atoms. The molecule has 0 saturated heterocycles. The topological polar surface area (TPSA) is 35.2 Å². The van der Waals surface area contributed by atoms with Crippen LogP contribution < -0.4 is 10.5 Å². The van der Waals surface area contributed by atoms with Crippen molar-refractivity contribution in [3.8, 4) is 5.75 Å². The SMILES string of the molecule is Cc1ccsc1C(N)C1Cc2ccccc2O1. The second kappa shape index (κ2) is 4.17. The van der Waals surface area contributed by atoms with E-state index in [0.29, 0.717) is 0 Å². The molecule has 2 atom stereocenters. The molecule has 2 nitrogen and oxygen atoms in total. The highest BCUT2D eigenvalue weighted by molar-refractivity contribution is 7.10. The summed E-state index contributed by atoms with van der Waals surface area (Å²) >= 11 is 1.72. The van der Waals surface area contributed by atoms with E-state index >= 15 is 0 Å². The molecule has 0 aliphatic carbocycles. The van der Waals surface area contributed by atoms with Gasteiger partial charge in [0.25, 0.3) is 0 Å². The number of hydrogen-bond donors (Lipinski definition) is 1. The molecule has 2 N–H and O–H groups in total. The molecule has 0 radical (unpaired) electrons. The molecule has 3 heteroatoms. The second-order valence-corrected chi connectivity index (χ2v) is 5.41. The summed E-state index contributed by atoms with van der Waals surface area (Å²) in [6.07, 6.45) is 0.985. The van der Waals surface area contributed by atoms with Crippen LogP contribution in [-0.2, 0) is 6.42 Å². The molecule has 3 rings (SSSR count). The van der Waals surface area contributed by atoms with Crippen molar-refractivity contribution in [3.05, 3.63) is 51.7 Å². The standard InChI is InChI=1S/C14H15NOS/c1-9-6-7-17-14(9)13(15)12-8-10-4-2-3-5-11(10)16-12/h2-7,12-13H,8,15H2,1H3. The van der Waals surface area contributed by atoms with E-state index in [1.807, 2.05) is 18.2 Å². The van der Waals surface area contributed by atoms with Crippen molar-refractivity contribution in [2.24, 2.45) is 5.73 Å². The fraction of sp³-hybridized carbons (Fsp3) is 0.286. The van der Waals surface area contributed by atoms with E-state index < -0.39 is 0 Å². The Morgan fingerprint density at radius 1 is 1.35 bits per heavy atom. The van der Waals surface area contributed by atoms with Crippen molar-refractivity contribution >= 4 is 11.3 Å². The fourth-order valence-electron chi connectivity index (χ4n) is 2.30. The second-order valence-electron chi connectivity index (χ2n) is 4.46. The summed E-state index contributed by atoms with van der Waals surface area (Å²) in [6.45, 7) is 2.10. The third-order valence-electron chi connectivity index (χ3n) is 3.28. The van der Waals surface area contributed by atoms with Gasteiger partial charge in [0, 0.05) is 11.3 Å². The average Bonchev–Trinajstić information content (AvgIpc) is 2.93. The molecule has 1 aromatic carbocycles. The molecule has 88 valence electrons. The van der Waals surface area contributed by atoms with Crippen LogP contribution >= 0.6 is 11.3 Å². The number of ether oxygens (including phenoxy) is 1. The van der Waals surface area contributed by atoms with E-state index in [2.05, 4.69) is 24.4 Å². The summed E-state index contributed by atoms with van der Waals surface area (Å²) in [5.74, 6) is 0.988. The summed E-state index contributed by atoms with van der Waals surface area (Å²) in [5, 5.41) is 2.09. The monoisotopic (exact) mass is 245 g/mol. The maximum Gasteiger partial charge on any atom is 0.123 e. The zero-order valence-electron chi connectivity index (χ0n) is 9.72. The number of aryl methyl sites for hydroxylation is 1. The van der Waals surface area contributed by atoms with Crippen LogP contribution in [-0.4, -0.2) is 6.10 Å². The lowest BCUT2D eigenvalue weighted by Crippen LogP contribution is -2.29.